The van der Waals surface area contributed by atoms with Crippen LogP contribution in [-0.4, -0.2) is 9.24 Å². The summed E-state index contributed by atoms with van der Waals surface area (Å²) in [6.07, 6.45) is 1.68. The molecule has 4 heteroatoms. The van der Waals surface area contributed by atoms with Gasteiger partial charge < -0.3 is 10.4 Å². The maximum atomic E-state index is 11.5. The van der Waals surface area contributed by atoms with Crippen molar-refractivity contribution in [2.75, 3.05) is 5.84 Å². The molecule has 0 spiro atoms. The molecule has 0 aliphatic heterocycles. The molecule has 2 N–H and O–H groups in total. The van der Waals surface area contributed by atoms with Gasteiger partial charge >= 0.3 is 0 Å². The van der Waals surface area contributed by atoms with Gasteiger partial charge in [0.25, 0.3) is 5.56 Å². The molecule has 3 rings (SSSR count). The first-order valence-corrected chi connectivity index (χ1v) is 5.03. The molecular formula is C12H11N3O. The highest BCUT2D eigenvalue weighted by Crippen LogP contribution is 2.25. The second-order valence-electron chi connectivity index (χ2n) is 3.89. The normalized spacial score (nSPS) is 11.3. The summed E-state index contributed by atoms with van der Waals surface area (Å²) in [5.74, 6) is 5.58. The van der Waals surface area contributed by atoms with E-state index in [0.717, 1.165) is 26.5 Å². The topological polar surface area (TPSA) is 52.9 Å². The summed E-state index contributed by atoms with van der Waals surface area (Å²) in [4.78, 5) is 11.5. The predicted octanol–water partition coefficient (Wildman–Crippen LogP) is 1.21. The fourth-order valence-electron chi connectivity index (χ4n) is 2.15. The summed E-state index contributed by atoms with van der Waals surface area (Å²) in [6, 6.07) is 9.59. The lowest BCUT2D eigenvalue weighted by atomic mass is 10.2. The van der Waals surface area contributed by atoms with Gasteiger partial charge in [0.05, 0.1) is 5.52 Å². The minimum atomic E-state index is -0.196. The molecule has 2 aromatic heterocycles. The highest BCUT2D eigenvalue weighted by Gasteiger charge is 2.08. The first-order valence-electron chi connectivity index (χ1n) is 5.03. The highest BCUT2D eigenvalue weighted by molar-refractivity contribution is 6.07. The minimum absolute atomic E-state index is 0.196. The number of rotatable bonds is 0. The Morgan fingerprint density at radius 2 is 1.88 bits per heavy atom. The smallest absolute Gasteiger partial charge is 0.270 e. The third-order valence-corrected chi connectivity index (χ3v) is 2.98. The Hall–Kier alpha value is -2.23. The molecule has 0 amide bonds. The number of hydrogen-bond donors (Lipinski definition) is 1. The van der Waals surface area contributed by atoms with Crippen LogP contribution in [-0.2, 0) is 7.05 Å². The largest absolute Gasteiger partial charge is 0.343 e. The number of para-hydroxylation sites is 1. The van der Waals surface area contributed by atoms with E-state index < -0.39 is 0 Å². The first kappa shape index (κ1) is 9.03. The van der Waals surface area contributed by atoms with Gasteiger partial charge in [0.2, 0.25) is 0 Å². The maximum absolute atomic E-state index is 11.5. The molecule has 0 saturated heterocycles. The Morgan fingerprint density at radius 3 is 2.69 bits per heavy atom. The van der Waals surface area contributed by atoms with Gasteiger partial charge in [-0.05, 0) is 6.07 Å². The monoisotopic (exact) mass is 213 g/mol. The van der Waals surface area contributed by atoms with Crippen LogP contribution in [0.1, 0.15) is 0 Å². The van der Waals surface area contributed by atoms with Gasteiger partial charge in [-0.2, -0.15) is 0 Å². The number of hydrogen-bond acceptors (Lipinski definition) is 2. The van der Waals surface area contributed by atoms with Gasteiger partial charge in [0.15, 0.2) is 0 Å². The molecule has 16 heavy (non-hydrogen) atoms. The van der Waals surface area contributed by atoms with Crippen molar-refractivity contribution in [2.45, 2.75) is 0 Å². The van der Waals surface area contributed by atoms with Crippen LogP contribution in [0.4, 0.5) is 0 Å². The average molecular weight is 213 g/mol. The van der Waals surface area contributed by atoms with Gasteiger partial charge in [0.1, 0.15) is 0 Å². The van der Waals surface area contributed by atoms with Crippen molar-refractivity contribution in [3.05, 3.63) is 46.9 Å². The molecule has 0 unspecified atom stereocenters. The fourth-order valence-corrected chi connectivity index (χ4v) is 2.15. The number of nitrogens with zero attached hydrogens (tertiary/aromatic N) is 2. The van der Waals surface area contributed by atoms with Crippen molar-refractivity contribution in [1.29, 1.82) is 0 Å². The zero-order valence-electron chi connectivity index (χ0n) is 8.84. The molecule has 0 aliphatic carbocycles. The van der Waals surface area contributed by atoms with Crippen LogP contribution in [0, 0.1) is 0 Å². The van der Waals surface area contributed by atoms with Crippen molar-refractivity contribution in [2.24, 2.45) is 7.05 Å². The zero-order valence-corrected chi connectivity index (χ0v) is 8.84. The molecule has 80 valence electrons. The zero-order chi connectivity index (χ0) is 11.3. The van der Waals surface area contributed by atoms with Crippen LogP contribution in [0.3, 0.4) is 0 Å². The van der Waals surface area contributed by atoms with Crippen molar-refractivity contribution in [3.8, 4) is 0 Å². The van der Waals surface area contributed by atoms with Crippen LogP contribution in [0.25, 0.3) is 21.8 Å². The van der Waals surface area contributed by atoms with Crippen LogP contribution in [0.15, 0.2) is 41.3 Å². The molecule has 4 nitrogen and oxygen atoms in total. The number of nitrogens with two attached hydrogens (primary N) is 1. The third-order valence-electron chi connectivity index (χ3n) is 2.98. The Morgan fingerprint density at radius 1 is 1.12 bits per heavy atom. The lowest BCUT2D eigenvalue weighted by Gasteiger charge is -1.98. The van der Waals surface area contributed by atoms with Gasteiger partial charge in [-0.3, -0.25) is 4.79 Å². The molecular weight excluding hydrogens is 202 g/mol. The Balaban J connectivity index is 2.67. The average Bonchev–Trinajstić information content (AvgIpc) is 2.55. The Labute approximate surface area is 91.5 Å². The van der Waals surface area contributed by atoms with Gasteiger partial charge in [-0.25, -0.2) is 4.68 Å². The Kier molecular flexibility index (Phi) is 1.63. The molecule has 0 fully saturated rings. The quantitative estimate of drug-likeness (QED) is 0.570. The van der Waals surface area contributed by atoms with Crippen LogP contribution >= 0.6 is 0 Å². The van der Waals surface area contributed by atoms with E-state index in [2.05, 4.69) is 0 Å². The van der Waals surface area contributed by atoms with Gasteiger partial charge in [0, 0.05) is 35.6 Å². The molecule has 0 bridgehead atoms. The summed E-state index contributed by atoms with van der Waals surface area (Å²) < 4.78 is 3.13. The Bertz CT molecular complexity index is 752. The lowest BCUT2D eigenvalue weighted by Crippen LogP contribution is -2.25. The number of nitrogen functional groups attached to an aromatic ring is 1. The molecule has 2 heterocycles. The van der Waals surface area contributed by atoms with Crippen LogP contribution in [0.5, 0.6) is 0 Å². The van der Waals surface area contributed by atoms with Crippen molar-refractivity contribution >= 4 is 21.8 Å². The summed E-state index contributed by atoms with van der Waals surface area (Å²) in [7, 11) is 1.95. The number of fused-ring (bicyclic) bond motifs is 3. The lowest BCUT2D eigenvalue weighted by molar-refractivity contribution is 0.939. The van der Waals surface area contributed by atoms with E-state index >= 15 is 0 Å². The molecule has 3 aromatic rings. The number of benzene rings is 1. The van der Waals surface area contributed by atoms with E-state index in [-0.39, 0.29) is 5.56 Å². The van der Waals surface area contributed by atoms with E-state index in [4.69, 9.17) is 5.84 Å². The number of pyridine rings is 1. The van der Waals surface area contributed by atoms with Gasteiger partial charge in [-0.1, -0.05) is 18.2 Å². The third kappa shape index (κ3) is 1.01. The van der Waals surface area contributed by atoms with E-state index in [1.165, 1.54) is 0 Å². The van der Waals surface area contributed by atoms with E-state index in [1.54, 1.807) is 12.3 Å². The van der Waals surface area contributed by atoms with Gasteiger partial charge in [-0.15, -0.1) is 0 Å². The van der Waals surface area contributed by atoms with E-state index in [1.807, 2.05) is 35.9 Å². The SMILES string of the molecule is Cn1c2ccccc2c2cn(N)c(=O)cc21. The highest BCUT2D eigenvalue weighted by atomic mass is 16.1. The fraction of sp³-hybridized carbons (Fsp3) is 0.0833. The van der Waals surface area contributed by atoms with Crippen LogP contribution in [0.2, 0.25) is 0 Å². The summed E-state index contributed by atoms with van der Waals surface area (Å²) in [6.45, 7) is 0. The molecule has 1 aromatic carbocycles. The predicted molar refractivity (Wildman–Crippen MR) is 64.8 cm³/mol. The van der Waals surface area contributed by atoms with E-state index in [9.17, 15) is 4.79 Å². The summed E-state index contributed by atoms with van der Waals surface area (Å²) in [5.41, 5.74) is 1.81. The standard InChI is InChI=1S/C12H11N3O/c1-14-10-5-3-2-4-8(10)9-7-15(13)12(16)6-11(9)14/h2-7H,13H2,1H3. The van der Waals surface area contributed by atoms with Crippen molar-refractivity contribution < 1.29 is 0 Å². The number of aromatic nitrogens is 2. The first-order chi connectivity index (χ1) is 7.68. The molecule has 0 saturated carbocycles. The second kappa shape index (κ2) is 2.88. The molecule has 0 atom stereocenters. The van der Waals surface area contributed by atoms with E-state index in [0.29, 0.717) is 0 Å². The summed E-state index contributed by atoms with van der Waals surface area (Å²) in [5, 5.41) is 2.11. The maximum Gasteiger partial charge on any atom is 0.270 e. The van der Waals surface area contributed by atoms with Crippen LogP contribution < -0.4 is 11.4 Å². The van der Waals surface area contributed by atoms with Crippen molar-refractivity contribution in [3.63, 3.8) is 0 Å². The second-order valence-corrected chi connectivity index (χ2v) is 3.89. The molecule has 0 radical (unpaired) electrons. The molecule has 0 aliphatic rings. The summed E-state index contributed by atoms with van der Waals surface area (Å²) >= 11 is 0. The van der Waals surface area contributed by atoms with Crippen molar-refractivity contribution in [1.82, 2.24) is 9.24 Å². The minimum Gasteiger partial charge on any atom is -0.343 e. The number of aryl methyl sites for hydroxylation is 1.